The quantitative estimate of drug-likeness (QED) is 0.517. The Morgan fingerprint density at radius 2 is 2.00 bits per heavy atom. The highest BCUT2D eigenvalue weighted by Crippen LogP contribution is 1.96. The van der Waals surface area contributed by atoms with E-state index in [4.69, 9.17) is 0 Å². The highest BCUT2D eigenvalue weighted by Gasteiger charge is 2.00. The number of nitrogens with one attached hydrogen (secondary N) is 1. The van der Waals surface area contributed by atoms with Crippen LogP contribution in [-0.2, 0) is 9.59 Å². The number of rotatable bonds is 7. The largest absolute Gasteiger partial charge is 0.300 e. The van der Waals surface area contributed by atoms with Gasteiger partial charge in [-0.2, -0.15) is 5.10 Å². The second-order valence-electron chi connectivity index (χ2n) is 4.03. The third kappa shape index (κ3) is 10.7. The van der Waals surface area contributed by atoms with Crippen LogP contribution in [0.2, 0.25) is 0 Å². The number of nitrogens with zero attached hydrogens (tertiary/aromatic N) is 1. The lowest BCUT2D eigenvalue weighted by atomic mass is 10.2. The van der Waals surface area contributed by atoms with E-state index in [0.717, 1.165) is 6.42 Å². The van der Waals surface area contributed by atoms with Gasteiger partial charge in [0.25, 0.3) is 0 Å². The van der Waals surface area contributed by atoms with Crippen molar-refractivity contribution in [2.24, 2.45) is 11.0 Å². The summed E-state index contributed by atoms with van der Waals surface area (Å²) in [5, 5.41) is 3.80. The number of carbonyl (C=O) groups is 2. The van der Waals surface area contributed by atoms with Crippen molar-refractivity contribution >= 4 is 17.9 Å². The van der Waals surface area contributed by atoms with E-state index in [1.165, 1.54) is 6.92 Å². The highest BCUT2D eigenvalue weighted by atomic mass is 16.2. The SMILES string of the molecule is CC(=O)CCCC(=O)N/N=C/CC(C)C. The van der Waals surface area contributed by atoms with E-state index in [1.54, 1.807) is 6.21 Å². The van der Waals surface area contributed by atoms with E-state index in [9.17, 15) is 9.59 Å². The molecule has 0 aromatic carbocycles. The number of amides is 1. The minimum atomic E-state index is -0.128. The molecule has 0 aromatic rings. The van der Waals surface area contributed by atoms with Gasteiger partial charge in [-0.15, -0.1) is 0 Å². The lowest BCUT2D eigenvalue weighted by Crippen LogP contribution is -2.17. The molecular weight excluding hydrogens is 192 g/mol. The molecule has 0 aliphatic rings. The zero-order valence-electron chi connectivity index (χ0n) is 9.75. The molecule has 0 atom stereocenters. The van der Waals surface area contributed by atoms with Gasteiger partial charge in [-0.1, -0.05) is 13.8 Å². The zero-order chi connectivity index (χ0) is 11.7. The predicted octanol–water partition coefficient (Wildman–Crippen LogP) is 1.89. The monoisotopic (exact) mass is 212 g/mol. The molecule has 0 heterocycles. The first kappa shape index (κ1) is 13.8. The van der Waals surface area contributed by atoms with Crippen molar-refractivity contribution in [1.82, 2.24) is 5.43 Å². The number of carbonyl (C=O) groups excluding carboxylic acids is 2. The van der Waals surface area contributed by atoms with Gasteiger partial charge in [-0.05, 0) is 25.7 Å². The maximum absolute atomic E-state index is 11.1. The van der Waals surface area contributed by atoms with Crippen LogP contribution < -0.4 is 5.43 Å². The van der Waals surface area contributed by atoms with Crippen LogP contribution in [0.4, 0.5) is 0 Å². The number of hydrazone groups is 1. The van der Waals surface area contributed by atoms with E-state index in [0.29, 0.717) is 25.2 Å². The molecule has 0 unspecified atom stereocenters. The molecule has 0 aromatic heterocycles. The summed E-state index contributed by atoms with van der Waals surface area (Å²) in [5.41, 5.74) is 2.43. The smallest absolute Gasteiger partial charge is 0.240 e. The van der Waals surface area contributed by atoms with Crippen molar-refractivity contribution in [1.29, 1.82) is 0 Å². The summed E-state index contributed by atoms with van der Waals surface area (Å²) in [5.74, 6) is 0.533. The van der Waals surface area contributed by atoms with Gasteiger partial charge >= 0.3 is 0 Å². The maximum atomic E-state index is 11.1. The summed E-state index contributed by atoms with van der Waals surface area (Å²) in [6.07, 6.45) is 3.98. The highest BCUT2D eigenvalue weighted by molar-refractivity contribution is 5.79. The minimum Gasteiger partial charge on any atom is -0.300 e. The maximum Gasteiger partial charge on any atom is 0.240 e. The first-order valence-electron chi connectivity index (χ1n) is 5.32. The Balaban J connectivity index is 3.49. The molecule has 0 rings (SSSR count). The first-order chi connectivity index (χ1) is 7.02. The average molecular weight is 212 g/mol. The normalized spacial score (nSPS) is 10.9. The Morgan fingerprint density at radius 1 is 1.33 bits per heavy atom. The van der Waals surface area contributed by atoms with Crippen LogP contribution in [0.5, 0.6) is 0 Å². The molecule has 0 aliphatic carbocycles. The third-order valence-electron chi connectivity index (χ3n) is 1.79. The summed E-state index contributed by atoms with van der Waals surface area (Å²) in [7, 11) is 0. The Hall–Kier alpha value is -1.19. The Bertz CT molecular complexity index is 235. The van der Waals surface area contributed by atoms with E-state index in [2.05, 4.69) is 24.4 Å². The van der Waals surface area contributed by atoms with Crippen LogP contribution in [0.15, 0.2) is 5.10 Å². The van der Waals surface area contributed by atoms with Crippen molar-refractivity contribution in [3.63, 3.8) is 0 Å². The summed E-state index contributed by atoms with van der Waals surface area (Å²) in [6, 6.07) is 0. The van der Waals surface area contributed by atoms with Crippen molar-refractivity contribution in [2.75, 3.05) is 0 Å². The van der Waals surface area contributed by atoms with Gasteiger partial charge < -0.3 is 4.79 Å². The Morgan fingerprint density at radius 3 is 2.53 bits per heavy atom. The number of hydrogen-bond donors (Lipinski definition) is 1. The lowest BCUT2D eigenvalue weighted by Gasteiger charge is -1.99. The molecule has 0 bridgehead atoms. The average Bonchev–Trinajstić information content (AvgIpc) is 2.11. The fraction of sp³-hybridized carbons (Fsp3) is 0.727. The van der Waals surface area contributed by atoms with Gasteiger partial charge in [-0.3, -0.25) is 4.79 Å². The van der Waals surface area contributed by atoms with Crippen LogP contribution in [0.25, 0.3) is 0 Å². The zero-order valence-corrected chi connectivity index (χ0v) is 9.75. The second-order valence-corrected chi connectivity index (χ2v) is 4.03. The van der Waals surface area contributed by atoms with Crippen molar-refractivity contribution in [2.45, 2.75) is 46.5 Å². The fourth-order valence-electron chi connectivity index (χ4n) is 0.935. The van der Waals surface area contributed by atoms with Gasteiger partial charge in [0.2, 0.25) is 5.91 Å². The summed E-state index contributed by atoms with van der Waals surface area (Å²) < 4.78 is 0. The van der Waals surface area contributed by atoms with Crippen LogP contribution in [-0.4, -0.2) is 17.9 Å². The molecule has 86 valence electrons. The van der Waals surface area contributed by atoms with E-state index in [-0.39, 0.29) is 11.7 Å². The molecule has 0 saturated carbocycles. The summed E-state index contributed by atoms with van der Waals surface area (Å²) in [4.78, 5) is 21.7. The molecule has 1 amide bonds. The van der Waals surface area contributed by atoms with Crippen LogP contribution in [0.3, 0.4) is 0 Å². The van der Waals surface area contributed by atoms with Crippen molar-refractivity contribution in [3.8, 4) is 0 Å². The predicted molar refractivity (Wildman–Crippen MR) is 60.6 cm³/mol. The Kier molecular flexibility index (Phi) is 7.50. The lowest BCUT2D eigenvalue weighted by molar-refractivity contribution is -0.121. The van der Waals surface area contributed by atoms with Crippen LogP contribution in [0.1, 0.15) is 46.5 Å². The second kappa shape index (κ2) is 8.15. The number of hydrogen-bond acceptors (Lipinski definition) is 3. The molecule has 0 spiro atoms. The molecule has 15 heavy (non-hydrogen) atoms. The molecular formula is C11H20N2O2. The van der Waals surface area contributed by atoms with Crippen LogP contribution in [0, 0.1) is 5.92 Å². The molecule has 0 radical (unpaired) electrons. The standard InChI is InChI=1S/C11H20N2O2/c1-9(2)7-8-12-13-11(15)6-4-5-10(3)14/h8-9H,4-7H2,1-3H3,(H,13,15)/b12-8+. The fourth-order valence-corrected chi connectivity index (χ4v) is 0.935. The van der Waals surface area contributed by atoms with Crippen molar-refractivity contribution in [3.05, 3.63) is 0 Å². The Labute approximate surface area is 91.1 Å². The number of ketones is 1. The first-order valence-corrected chi connectivity index (χ1v) is 5.32. The molecule has 0 aliphatic heterocycles. The topological polar surface area (TPSA) is 58.5 Å². The number of Topliss-reactive ketones (excluding diaryl/α,β-unsaturated/α-hetero) is 1. The van der Waals surface area contributed by atoms with Gasteiger partial charge in [0.15, 0.2) is 0 Å². The molecule has 0 saturated heterocycles. The molecule has 1 N–H and O–H groups in total. The third-order valence-corrected chi connectivity index (χ3v) is 1.79. The molecule has 4 heteroatoms. The molecule has 0 fully saturated rings. The van der Waals surface area contributed by atoms with Crippen molar-refractivity contribution < 1.29 is 9.59 Å². The van der Waals surface area contributed by atoms with Crippen LogP contribution >= 0.6 is 0 Å². The van der Waals surface area contributed by atoms with E-state index in [1.807, 2.05) is 0 Å². The van der Waals surface area contributed by atoms with Gasteiger partial charge in [-0.25, -0.2) is 5.43 Å². The van der Waals surface area contributed by atoms with Gasteiger partial charge in [0.05, 0.1) is 0 Å². The summed E-state index contributed by atoms with van der Waals surface area (Å²) >= 11 is 0. The van der Waals surface area contributed by atoms with E-state index >= 15 is 0 Å². The van der Waals surface area contributed by atoms with E-state index < -0.39 is 0 Å². The molecule has 4 nitrogen and oxygen atoms in total. The van der Waals surface area contributed by atoms with Gasteiger partial charge in [0.1, 0.15) is 5.78 Å². The minimum absolute atomic E-state index is 0.117. The summed E-state index contributed by atoms with van der Waals surface area (Å²) in [6.45, 7) is 5.69. The van der Waals surface area contributed by atoms with Gasteiger partial charge in [0, 0.05) is 19.1 Å².